The van der Waals surface area contributed by atoms with Crippen molar-refractivity contribution in [2.75, 3.05) is 52.5 Å². The van der Waals surface area contributed by atoms with Crippen molar-refractivity contribution in [3.8, 4) is 5.75 Å². The molecule has 6 heteroatoms. The quantitative estimate of drug-likeness (QED) is 0.744. The van der Waals surface area contributed by atoms with Crippen LogP contribution in [0.15, 0.2) is 18.2 Å². The number of hydrogen-bond donors (Lipinski definition) is 2. The van der Waals surface area contributed by atoms with Gasteiger partial charge >= 0.3 is 6.03 Å². The molecule has 1 aliphatic rings. The zero-order chi connectivity index (χ0) is 16.5. The Morgan fingerprint density at radius 1 is 1.17 bits per heavy atom. The van der Waals surface area contributed by atoms with E-state index >= 15 is 0 Å². The van der Waals surface area contributed by atoms with Crippen molar-refractivity contribution in [3.05, 3.63) is 29.3 Å². The summed E-state index contributed by atoms with van der Waals surface area (Å²) in [5, 5.41) is 5.66. The van der Waals surface area contributed by atoms with Gasteiger partial charge < -0.3 is 20.1 Å². The molecule has 1 heterocycles. The second-order valence-electron chi connectivity index (χ2n) is 5.73. The lowest BCUT2D eigenvalue weighted by Gasteiger charge is -2.26. The van der Waals surface area contributed by atoms with E-state index in [0.29, 0.717) is 19.7 Å². The topological polar surface area (TPSA) is 62.8 Å². The molecule has 128 valence electrons. The summed E-state index contributed by atoms with van der Waals surface area (Å²) in [5.41, 5.74) is 2.45. The predicted octanol–water partition coefficient (Wildman–Crippen LogP) is 1.31. The standard InChI is InChI=1S/C17H27N3O3/c1-14-3-4-16(13-15(14)2)23-10-6-19-17(21)18-5-7-20-8-11-22-12-9-20/h3-4,13H,5-12H2,1-2H3,(H2,18,19,21). The van der Waals surface area contributed by atoms with Crippen LogP contribution in [0, 0.1) is 13.8 Å². The van der Waals surface area contributed by atoms with Crippen molar-refractivity contribution in [1.82, 2.24) is 15.5 Å². The fourth-order valence-electron chi connectivity index (χ4n) is 2.35. The van der Waals surface area contributed by atoms with Gasteiger partial charge in [-0.15, -0.1) is 0 Å². The first kappa shape index (κ1) is 17.6. The number of amides is 2. The highest BCUT2D eigenvalue weighted by Gasteiger charge is 2.09. The molecule has 23 heavy (non-hydrogen) atoms. The highest BCUT2D eigenvalue weighted by atomic mass is 16.5. The highest BCUT2D eigenvalue weighted by Crippen LogP contribution is 2.15. The number of aryl methyl sites for hydroxylation is 2. The van der Waals surface area contributed by atoms with E-state index in [9.17, 15) is 4.79 Å². The van der Waals surface area contributed by atoms with Crippen LogP contribution in [-0.4, -0.2) is 63.5 Å². The number of hydrogen-bond acceptors (Lipinski definition) is 4. The molecule has 1 aromatic rings. The molecule has 6 nitrogen and oxygen atoms in total. The number of nitrogens with zero attached hydrogens (tertiary/aromatic N) is 1. The van der Waals surface area contributed by atoms with Crippen LogP contribution in [-0.2, 0) is 4.74 Å². The van der Waals surface area contributed by atoms with Crippen molar-refractivity contribution in [1.29, 1.82) is 0 Å². The minimum absolute atomic E-state index is 0.151. The minimum atomic E-state index is -0.151. The van der Waals surface area contributed by atoms with Crippen LogP contribution >= 0.6 is 0 Å². The second-order valence-corrected chi connectivity index (χ2v) is 5.73. The fraction of sp³-hybridized carbons (Fsp3) is 0.588. The Hall–Kier alpha value is -1.79. The number of ether oxygens (including phenoxy) is 2. The number of morpholine rings is 1. The molecule has 2 amide bonds. The van der Waals surface area contributed by atoms with E-state index in [1.807, 2.05) is 18.2 Å². The summed E-state index contributed by atoms with van der Waals surface area (Å²) >= 11 is 0. The van der Waals surface area contributed by atoms with E-state index in [0.717, 1.165) is 38.6 Å². The molecule has 0 bridgehead atoms. The number of carbonyl (C=O) groups is 1. The third kappa shape index (κ3) is 6.46. The smallest absolute Gasteiger partial charge is 0.314 e. The fourth-order valence-corrected chi connectivity index (χ4v) is 2.35. The molecule has 0 unspecified atom stereocenters. The molecule has 0 atom stereocenters. The van der Waals surface area contributed by atoms with Gasteiger partial charge in [-0.25, -0.2) is 4.79 Å². The Morgan fingerprint density at radius 2 is 1.91 bits per heavy atom. The van der Waals surface area contributed by atoms with Crippen molar-refractivity contribution < 1.29 is 14.3 Å². The normalized spacial score (nSPS) is 15.2. The van der Waals surface area contributed by atoms with Crippen LogP contribution in [0.25, 0.3) is 0 Å². The first-order valence-corrected chi connectivity index (χ1v) is 8.17. The van der Waals surface area contributed by atoms with E-state index in [1.165, 1.54) is 11.1 Å². The van der Waals surface area contributed by atoms with Crippen molar-refractivity contribution in [3.63, 3.8) is 0 Å². The molecule has 0 radical (unpaired) electrons. The van der Waals surface area contributed by atoms with Gasteiger partial charge in [-0.2, -0.15) is 0 Å². The molecular formula is C17H27N3O3. The van der Waals surface area contributed by atoms with Gasteiger partial charge in [-0.05, 0) is 37.1 Å². The highest BCUT2D eigenvalue weighted by molar-refractivity contribution is 5.73. The van der Waals surface area contributed by atoms with E-state index in [2.05, 4.69) is 29.4 Å². The van der Waals surface area contributed by atoms with Gasteiger partial charge in [-0.1, -0.05) is 6.07 Å². The number of nitrogens with one attached hydrogen (secondary N) is 2. The summed E-state index contributed by atoms with van der Waals surface area (Å²) in [6.45, 7) is 10.0. The van der Waals surface area contributed by atoms with Crippen molar-refractivity contribution in [2.45, 2.75) is 13.8 Å². The zero-order valence-corrected chi connectivity index (χ0v) is 14.1. The van der Waals surface area contributed by atoms with Gasteiger partial charge in [-0.3, -0.25) is 4.90 Å². The molecule has 0 aliphatic carbocycles. The van der Waals surface area contributed by atoms with Crippen LogP contribution in [0.5, 0.6) is 5.75 Å². The summed E-state index contributed by atoms with van der Waals surface area (Å²) in [7, 11) is 0. The lowest BCUT2D eigenvalue weighted by atomic mass is 10.1. The second kappa shape index (κ2) is 9.37. The predicted molar refractivity (Wildman–Crippen MR) is 90.1 cm³/mol. The Bertz CT molecular complexity index is 502. The Balaban J connectivity index is 1.53. The number of benzene rings is 1. The lowest BCUT2D eigenvalue weighted by Crippen LogP contribution is -2.44. The Morgan fingerprint density at radius 3 is 2.65 bits per heavy atom. The maximum absolute atomic E-state index is 11.7. The third-order valence-corrected chi connectivity index (χ3v) is 3.95. The van der Waals surface area contributed by atoms with Gasteiger partial charge in [0, 0.05) is 26.2 Å². The molecule has 1 aromatic carbocycles. The maximum Gasteiger partial charge on any atom is 0.314 e. The van der Waals surface area contributed by atoms with Gasteiger partial charge in [0.1, 0.15) is 12.4 Å². The Kier molecular flexibility index (Phi) is 7.16. The van der Waals surface area contributed by atoms with Gasteiger partial charge in [0.2, 0.25) is 0 Å². The molecule has 0 aromatic heterocycles. The average molecular weight is 321 g/mol. The average Bonchev–Trinajstić information content (AvgIpc) is 2.56. The van der Waals surface area contributed by atoms with Gasteiger partial charge in [0.05, 0.1) is 19.8 Å². The summed E-state index contributed by atoms with van der Waals surface area (Å²) < 4.78 is 10.9. The SMILES string of the molecule is Cc1ccc(OCCNC(=O)NCCN2CCOCC2)cc1C. The van der Waals surface area contributed by atoms with Gasteiger partial charge in [0.15, 0.2) is 0 Å². The van der Waals surface area contributed by atoms with Crippen LogP contribution in [0.2, 0.25) is 0 Å². The molecule has 0 saturated carbocycles. The molecule has 1 aliphatic heterocycles. The third-order valence-electron chi connectivity index (χ3n) is 3.95. The molecular weight excluding hydrogens is 294 g/mol. The van der Waals surface area contributed by atoms with E-state index in [-0.39, 0.29) is 6.03 Å². The van der Waals surface area contributed by atoms with Crippen LogP contribution in [0.1, 0.15) is 11.1 Å². The minimum Gasteiger partial charge on any atom is -0.492 e. The summed E-state index contributed by atoms with van der Waals surface area (Å²) in [6, 6.07) is 5.85. The Labute approximate surface area is 138 Å². The lowest BCUT2D eigenvalue weighted by molar-refractivity contribution is 0.0387. The van der Waals surface area contributed by atoms with Crippen LogP contribution in [0.3, 0.4) is 0 Å². The monoisotopic (exact) mass is 321 g/mol. The summed E-state index contributed by atoms with van der Waals surface area (Å²) in [4.78, 5) is 14.0. The van der Waals surface area contributed by atoms with Crippen molar-refractivity contribution in [2.24, 2.45) is 0 Å². The zero-order valence-electron chi connectivity index (χ0n) is 14.1. The molecule has 2 rings (SSSR count). The van der Waals surface area contributed by atoms with Crippen molar-refractivity contribution >= 4 is 6.03 Å². The van der Waals surface area contributed by atoms with E-state index in [1.54, 1.807) is 0 Å². The number of urea groups is 1. The first-order chi connectivity index (χ1) is 11.1. The molecule has 1 fully saturated rings. The van der Waals surface area contributed by atoms with Gasteiger partial charge in [0.25, 0.3) is 0 Å². The number of carbonyl (C=O) groups excluding carboxylic acids is 1. The van der Waals surface area contributed by atoms with Crippen LogP contribution < -0.4 is 15.4 Å². The summed E-state index contributed by atoms with van der Waals surface area (Å²) in [6.07, 6.45) is 0. The molecule has 2 N–H and O–H groups in total. The maximum atomic E-state index is 11.7. The van der Waals surface area contributed by atoms with Crippen LogP contribution in [0.4, 0.5) is 4.79 Å². The molecule has 1 saturated heterocycles. The molecule has 0 spiro atoms. The van der Waals surface area contributed by atoms with E-state index < -0.39 is 0 Å². The van der Waals surface area contributed by atoms with E-state index in [4.69, 9.17) is 9.47 Å². The summed E-state index contributed by atoms with van der Waals surface area (Å²) in [5.74, 6) is 0.836. The first-order valence-electron chi connectivity index (χ1n) is 8.17. The number of rotatable bonds is 7. The largest absolute Gasteiger partial charge is 0.492 e.